The molecule has 1 rings (SSSR count). The molecule has 3 N–H and O–H groups in total. The lowest BCUT2D eigenvalue weighted by Crippen LogP contribution is -2.17. The number of amides is 1. The minimum atomic E-state index is -4.19. The Balaban J connectivity index is 2.65. The van der Waals surface area contributed by atoms with E-state index in [1.165, 1.54) is 24.3 Å². The maximum absolute atomic E-state index is 11.3. The number of nitrogens with one attached hydrogen (secondary N) is 1. The smallest absolute Gasteiger partial charge is 0.335 e. The van der Waals surface area contributed by atoms with Crippen LogP contribution >= 0.6 is 0 Å². The van der Waals surface area contributed by atoms with Gasteiger partial charge in [-0.25, -0.2) is 4.79 Å². The highest BCUT2D eigenvalue weighted by Gasteiger charge is 2.10. The lowest BCUT2D eigenvalue weighted by atomic mass is 10.2. The molecule has 0 heterocycles. The first-order valence-corrected chi connectivity index (χ1v) is 6.47. The van der Waals surface area contributed by atoms with Crippen LogP contribution in [0, 0.1) is 0 Å². The Morgan fingerprint density at radius 3 is 2.50 bits per heavy atom. The van der Waals surface area contributed by atoms with Gasteiger partial charge in [-0.2, -0.15) is 8.42 Å². The van der Waals surface area contributed by atoms with Gasteiger partial charge in [-0.1, -0.05) is 6.07 Å². The minimum absolute atomic E-state index is 0.00239. The monoisotopic (exact) mass is 273 g/mol. The van der Waals surface area contributed by atoms with E-state index in [1.54, 1.807) is 0 Å². The number of rotatable bonds is 5. The van der Waals surface area contributed by atoms with E-state index in [0.29, 0.717) is 0 Å². The molecule has 0 atom stereocenters. The Kier molecular flexibility index (Phi) is 4.40. The predicted octanol–water partition coefficient (Wildman–Crippen LogP) is 0.601. The van der Waals surface area contributed by atoms with Gasteiger partial charge in [0.25, 0.3) is 10.1 Å². The van der Waals surface area contributed by atoms with Gasteiger partial charge < -0.3 is 10.4 Å². The Morgan fingerprint density at radius 2 is 1.94 bits per heavy atom. The van der Waals surface area contributed by atoms with Crippen molar-refractivity contribution in [2.24, 2.45) is 0 Å². The van der Waals surface area contributed by atoms with Crippen LogP contribution < -0.4 is 5.32 Å². The molecule has 0 bridgehead atoms. The zero-order valence-electron chi connectivity index (χ0n) is 9.16. The lowest BCUT2D eigenvalue weighted by Gasteiger charge is -2.05. The van der Waals surface area contributed by atoms with Crippen LogP contribution in [0.3, 0.4) is 0 Å². The number of carboxylic acid groups (broad SMARTS) is 1. The first-order valence-electron chi connectivity index (χ1n) is 4.86. The van der Waals surface area contributed by atoms with Gasteiger partial charge in [0.15, 0.2) is 0 Å². The Labute approximate surface area is 103 Å². The molecule has 0 saturated heterocycles. The molecule has 0 fully saturated rings. The molecule has 0 aliphatic heterocycles. The average molecular weight is 273 g/mol. The van der Waals surface area contributed by atoms with Crippen LogP contribution in [0.4, 0.5) is 5.69 Å². The summed E-state index contributed by atoms with van der Waals surface area (Å²) in [5.41, 5.74) is 0.248. The second-order valence-electron chi connectivity index (χ2n) is 3.47. The molecule has 0 radical (unpaired) electrons. The van der Waals surface area contributed by atoms with E-state index >= 15 is 0 Å². The van der Waals surface area contributed by atoms with Crippen molar-refractivity contribution in [3.63, 3.8) is 0 Å². The van der Waals surface area contributed by atoms with Crippen LogP contribution in [0.1, 0.15) is 16.8 Å². The van der Waals surface area contributed by atoms with Crippen LogP contribution in [0.2, 0.25) is 0 Å². The highest BCUT2D eigenvalue weighted by molar-refractivity contribution is 7.85. The molecule has 0 spiro atoms. The van der Waals surface area contributed by atoms with Crippen LogP contribution in [0.25, 0.3) is 0 Å². The standard InChI is InChI=1S/C10H11NO6S/c12-9(4-5-18(15,16)17)11-8-3-1-2-7(6-8)10(13)14/h1-3,6H,4-5H2,(H,11,12)(H,13,14)(H,15,16,17). The molecular formula is C10H11NO6S. The molecular weight excluding hydrogens is 262 g/mol. The van der Waals surface area contributed by atoms with Crippen molar-refractivity contribution >= 4 is 27.7 Å². The number of hydrogen-bond acceptors (Lipinski definition) is 4. The summed E-state index contributed by atoms with van der Waals surface area (Å²) in [6, 6.07) is 5.52. The Morgan fingerprint density at radius 1 is 1.28 bits per heavy atom. The summed E-state index contributed by atoms with van der Waals surface area (Å²) in [7, 11) is -4.19. The maximum Gasteiger partial charge on any atom is 0.335 e. The molecule has 0 aliphatic rings. The first kappa shape index (κ1) is 14.1. The van der Waals surface area contributed by atoms with E-state index in [4.69, 9.17) is 9.66 Å². The van der Waals surface area contributed by atoms with Gasteiger partial charge in [0.1, 0.15) is 0 Å². The van der Waals surface area contributed by atoms with Crippen molar-refractivity contribution in [1.82, 2.24) is 0 Å². The van der Waals surface area contributed by atoms with Crippen molar-refractivity contribution < 1.29 is 27.7 Å². The van der Waals surface area contributed by atoms with E-state index in [1.807, 2.05) is 0 Å². The maximum atomic E-state index is 11.3. The third-order valence-electron chi connectivity index (χ3n) is 1.98. The number of carbonyl (C=O) groups excluding carboxylic acids is 1. The Hall–Kier alpha value is -1.93. The van der Waals surface area contributed by atoms with Crippen LogP contribution in [-0.2, 0) is 14.9 Å². The molecule has 0 unspecified atom stereocenters. The number of carbonyl (C=O) groups is 2. The van der Waals surface area contributed by atoms with Gasteiger partial charge in [0.05, 0.1) is 11.3 Å². The third-order valence-corrected chi connectivity index (χ3v) is 2.70. The van der Waals surface area contributed by atoms with Crippen molar-refractivity contribution in [1.29, 1.82) is 0 Å². The van der Waals surface area contributed by atoms with Gasteiger partial charge >= 0.3 is 5.97 Å². The number of benzene rings is 1. The van der Waals surface area contributed by atoms with E-state index in [-0.39, 0.29) is 11.3 Å². The molecule has 7 nitrogen and oxygen atoms in total. The fraction of sp³-hybridized carbons (Fsp3) is 0.200. The van der Waals surface area contributed by atoms with Gasteiger partial charge in [-0.3, -0.25) is 9.35 Å². The average Bonchev–Trinajstić information content (AvgIpc) is 2.26. The van der Waals surface area contributed by atoms with Crippen molar-refractivity contribution in [3.8, 4) is 0 Å². The summed E-state index contributed by atoms with van der Waals surface area (Å²) in [5.74, 6) is -2.45. The van der Waals surface area contributed by atoms with Gasteiger partial charge in [0.2, 0.25) is 5.91 Å². The third kappa shape index (κ3) is 4.93. The minimum Gasteiger partial charge on any atom is -0.478 e. The number of carboxylic acids is 1. The first-order chi connectivity index (χ1) is 8.28. The molecule has 0 saturated carbocycles. The molecule has 98 valence electrons. The van der Waals surface area contributed by atoms with Crippen molar-refractivity contribution in [3.05, 3.63) is 29.8 Å². The number of hydrogen-bond donors (Lipinski definition) is 3. The highest BCUT2D eigenvalue weighted by Crippen LogP contribution is 2.11. The fourth-order valence-corrected chi connectivity index (χ4v) is 1.62. The van der Waals surface area contributed by atoms with Gasteiger partial charge in [-0.05, 0) is 18.2 Å². The summed E-state index contributed by atoms with van der Waals surface area (Å²) in [6.07, 6.45) is -0.407. The largest absolute Gasteiger partial charge is 0.478 e. The second-order valence-corrected chi connectivity index (χ2v) is 5.04. The fourth-order valence-electron chi connectivity index (χ4n) is 1.18. The number of aromatic carboxylic acids is 1. The zero-order valence-corrected chi connectivity index (χ0v) is 9.98. The second kappa shape index (κ2) is 5.61. The molecule has 1 amide bonds. The van der Waals surface area contributed by atoms with E-state index in [0.717, 1.165) is 0 Å². The highest BCUT2D eigenvalue weighted by atomic mass is 32.2. The quantitative estimate of drug-likeness (QED) is 0.675. The molecule has 8 heteroatoms. The summed E-state index contributed by atoms with van der Waals surface area (Å²) >= 11 is 0. The van der Waals surface area contributed by atoms with Crippen LogP contribution in [0.15, 0.2) is 24.3 Å². The SMILES string of the molecule is O=C(CCS(=O)(=O)O)Nc1cccc(C(=O)O)c1. The zero-order chi connectivity index (χ0) is 13.8. The van der Waals surface area contributed by atoms with E-state index in [2.05, 4.69) is 5.32 Å². The summed E-state index contributed by atoms with van der Waals surface area (Å²) in [6.45, 7) is 0. The molecule has 1 aromatic rings. The molecule has 0 aliphatic carbocycles. The van der Waals surface area contributed by atoms with Crippen LogP contribution in [0.5, 0.6) is 0 Å². The summed E-state index contributed by atoms with van der Waals surface area (Å²) in [5, 5.41) is 11.1. The van der Waals surface area contributed by atoms with Gasteiger partial charge in [-0.15, -0.1) is 0 Å². The van der Waals surface area contributed by atoms with Gasteiger partial charge in [0, 0.05) is 12.1 Å². The number of anilines is 1. The normalized spacial score (nSPS) is 10.9. The molecule has 1 aromatic carbocycles. The lowest BCUT2D eigenvalue weighted by molar-refractivity contribution is -0.115. The Bertz CT molecular complexity index is 565. The topological polar surface area (TPSA) is 121 Å². The summed E-state index contributed by atoms with van der Waals surface area (Å²) in [4.78, 5) is 22.0. The van der Waals surface area contributed by atoms with Crippen molar-refractivity contribution in [2.45, 2.75) is 6.42 Å². The summed E-state index contributed by atoms with van der Waals surface area (Å²) < 4.78 is 29.3. The molecule has 0 aromatic heterocycles. The molecule has 18 heavy (non-hydrogen) atoms. The van der Waals surface area contributed by atoms with Crippen molar-refractivity contribution in [2.75, 3.05) is 11.1 Å². The van der Waals surface area contributed by atoms with Crippen LogP contribution in [-0.4, -0.2) is 35.7 Å². The van der Waals surface area contributed by atoms with E-state index < -0.39 is 34.2 Å². The predicted molar refractivity (Wildman–Crippen MR) is 63.1 cm³/mol. The van der Waals surface area contributed by atoms with E-state index in [9.17, 15) is 18.0 Å².